The summed E-state index contributed by atoms with van der Waals surface area (Å²) in [6.45, 7) is 8.82. The van der Waals surface area contributed by atoms with Crippen LogP contribution in [-0.2, 0) is 4.74 Å². The third-order valence-electron chi connectivity index (χ3n) is 3.17. The molecule has 0 spiro atoms. The number of likely N-dealkylation sites (N-methyl/N-ethyl adjacent to an activating group) is 1. The first kappa shape index (κ1) is 16.1. The van der Waals surface area contributed by atoms with Gasteiger partial charge >= 0.3 is 0 Å². The molecule has 18 heavy (non-hydrogen) atoms. The zero-order valence-corrected chi connectivity index (χ0v) is 14.0. The highest BCUT2D eigenvalue weighted by Crippen LogP contribution is 2.33. The Kier molecular flexibility index (Phi) is 6.81. The molecule has 0 aliphatic carbocycles. The maximum absolute atomic E-state index is 5.98. The quantitative estimate of drug-likeness (QED) is 0.832. The van der Waals surface area contributed by atoms with Crippen molar-refractivity contribution >= 4 is 27.3 Å². The second kappa shape index (κ2) is 7.60. The summed E-state index contributed by atoms with van der Waals surface area (Å²) >= 11 is 5.40. The molecule has 0 bridgehead atoms. The molecule has 1 heterocycles. The Hall–Kier alpha value is 0.0600. The monoisotopic (exact) mass is 334 g/mol. The van der Waals surface area contributed by atoms with Crippen molar-refractivity contribution in [3.63, 3.8) is 0 Å². The molecule has 2 N–H and O–H groups in total. The molecule has 0 aliphatic rings. The van der Waals surface area contributed by atoms with Gasteiger partial charge in [0.25, 0.3) is 0 Å². The number of hydrogen-bond acceptors (Lipinski definition) is 4. The van der Waals surface area contributed by atoms with Crippen LogP contribution in [0.4, 0.5) is 0 Å². The third kappa shape index (κ3) is 3.78. The summed E-state index contributed by atoms with van der Waals surface area (Å²) in [4.78, 5) is 5.03. The minimum atomic E-state index is 0.273. The standard InChI is InChI=1S/C13H23BrN2OS/c1-5-16(9(2)8-17-4)12(7-15)13-6-11(14)10(3)18-13/h6,9,12H,5,7-8,15H2,1-4H3. The van der Waals surface area contributed by atoms with Crippen LogP contribution in [0.1, 0.15) is 29.6 Å². The van der Waals surface area contributed by atoms with E-state index in [0.29, 0.717) is 12.6 Å². The van der Waals surface area contributed by atoms with E-state index in [2.05, 4.69) is 47.7 Å². The number of ether oxygens (including phenoxy) is 1. The predicted molar refractivity (Wildman–Crippen MR) is 82.3 cm³/mol. The van der Waals surface area contributed by atoms with Crippen LogP contribution in [0, 0.1) is 6.92 Å². The summed E-state index contributed by atoms with van der Waals surface area (Å²) in [6, 6.07) is 2.84. The van der Waals surface area contributed by atoms with Crippen LogP contribution in [0.2, 0.25) is 0 Å². The third-order valence-corrected chi connectivity index (χ3v) is 5.41. The molecule has 1 aromatic heterocycles. The van der Waals surface area contributed by atoms with E-state index in [1.54, 1.807) is 7.11 Å². The topological polar surface area (TPSA) is 38.5 Å². The van der Waals surface area contributed by atoms with Gasteiger partial charge in [-0.1, -0.05) is 6.92 Å². The zero-order chi connectivity index (χ0) is 13.7. The van der Waals surface area contributed by atoms with Crippen molar-refractivity contribution in [3.05, 3.63) is 20.3 Å². The fourth-order valence-corrected chi connectivity index (χ4v) is 3.93. The molecule has 2 unspecified atom stereocenters. The summed E-state index contributed by atoms with van der Waals surface area (Å²) in [7, 11) is 1.74. The van der Waals surface area contributed by atoms with Gasteiger partial charge in [0.05, 0.1) is 12.6 Å². The number of aryl methyl sites for hydroxylation is 1. The second-order valence-electron chi connectivity index (χ2n) is 4.44. The van der Waals surface area contributed by atoms with Crippen LogP contribution in [0.15, 0.2) is 10.5 Å². The Labute approximate surface area is 122 Å². The number of halogens is 1. The van der Waals surface area contributed by atoms with Gasteiger partial charge in [-0.3, -0.25) is 4.90 Å². The van der Waals surface area contributed by atoms with E-state index >= 15 is 0 Å². The molecular formula is C13H23BrN2OS. The summed E-state index contributed by atoms with van der Waals surface area (Å²) < 4.78 is 6.43. The Morgan fingerprint density at radius 3 is 2.61 bits per heavy atom. The van der Waals surface area contributed by atoms with Gasteiger partial charge < -0.3 is 10.5 Å². The van der Waals surface area contributed by atoms with E-state index in [9.17, 15) is 0 Å². The van der Waals surface area contributed by atoms with Crippen molar-refractivity contribution in [1.29, 1.82) is 0 Å². The lowest BCUT2D eigenvalue weighted by atomic mass is 10.1. The Bertz CT molecular complexity index is 350. The molecular weight excluding hydrogens is 312 g/mol. The highest BCUT2D eigenvalue weighted by atomic mass is 79.9. The van der Waals surface area contributed by atoms with Crippen molar-refractivity contribution in [2.45, 2.75) is 32.9 Å². The average molecular weight is 335 g/mol. The van der Waals surface area contributed by atoms with Crippen molar-refractivity contribution in [3.8, 4) is 0 Å². The molecule has 0 saturated carbocycles. The van der Waals surface area contributed by atoms with Gasteiger partial charge in [-0.15, -0.1) is 11.3 Å². The molecule has 0 aliphatic heterocycles. The molecule has 3 nitrogen and oxygen atoms in total. The van der Waals surface area contributed by atoms with Gasteiger partial charge in [-0.25, -0.2) is 0 Å². The van der Waals surface area contributed by atoms with Gasteiger partial charge in [-0.05, 0) is 42.4 Å². The van der Waals surface area contributed by atoms with Crippen molar-refractivity contribution < 1.29 is 4.74 Å². The fraction of sp³-hybridized carbons (Fsp3) is 0.692. The molecule has 1 aromatic rings. The molecule has 5 heteroatoms. The first-order valence-electron chi connectivity index (χ1n) is 6.25. The Morgan fingerprint density at radius 1 is 1.56 bits per heavy atom. The van der Waals surface area contributed by atoms with Crippen LogP contribution in [0.5, 0.6) is 0 Å². The highest BCUT2D eigenvalue weighted by molar-refractivity contribution is 9.10. The molecule has 1 rings (SSSR count). The van der Waals surface area contributed by atoms with Crippen LogP contribution < -0.4 is 5.73 Å². The van der Waals surface area contributed by atoms with Crippen molar-refractivity contribution in [1.82, 2.24) is 4.90 Å². The van der Waals surface area contributed by atoms with Crippen molar-refractivity contribution in [2.75, 3.05) is 26.8 Å². The molecule has 2 atom stereocenters. The average Bonchev–Trinajstić information content (AvgIpc) is 2.66. The SMILES string of the molecule is CCN(C(C)COC)C(CN)c1cc(Br)c(C)s1. The normalized spacial score (nSPS) is 15.1. The molecule has 0 aromatic carbocycles. The molecule has 0 radical (unpaired) electrons. The number of methoxy groups -OCH3 is 1. The van der Waals surface area contributed by atoms with E-state index < -0.39 is 0 Å². The molecule has 0 saturated heterocycles. The minimum Gasteiger partial charge on any atom is -0.383 e. The van der Waals surface area contributed by atoms with Gasteiger partial charge in [-0.2, -0.15) is 0 Å². The lowest BCUT2D eigenvalue weighted by Gasteiger charge is -2.34. The highest BCUT2D eigenvalue weighted by Gasteiger charge is 2.24. The van der Waals surface area contributed by atoms with E-state index in [0.717, 1.165) is 13.2 Å². The maximum Gasteiger partial charge on any atom is 0.0615 e. The first-order chi connectivity index (χ1) is 8.54. The summed E-state index contributed by atoms with van der Waals surface area (Å²) in [5.41, 5.74) is 5.98. The van der Waals surface area contributed by atoms with Crippen LogP contribution in [0.25, 0.3) is 0 Å². The van der Waals surface area contributed by atoms with Crippen LogP contribution >= 0.6 is 27.3 Å². The van der Waals surface area contributed by atoms with Gasteiger partial charge in [0, 0.05) is 33.9 Å². The number of thiophene rings is 1. The van der Waals surface area contributed by atoms with E-state index in [-0.39, 0.29) is 6.04 Å². The van der Waals surface area contributed by atoms with Crippen molar-refractivity contribution in [2.24, 2.45) is 5.73 Å². The molecule has 0 fully saturated rings. The van der Waals surface area contributed by atoms with Gasteiger partial charge in [0.2, 0.25) is 0 Å². The van der Waals surface area contributed by atoms with E-state index in [1.165, 1.54) is 14.2 Å². The first-order valence-corrected chi connectivity index (χ1v) is 7.86. The predicted octanol–water partition coefficient (Wildman–Crippen LogP) is 3.18. The lowest BCUT2D eigenvalue weighted by molar-refractivity contribution is 0.0762. The van der Waals surface area contributed by atoms with Crippen LogP contribution in [-0.4, -0.2) is 37.7 Å². The smallest absolute Gasteiger partial charge is 0.0615 e. The number of nitrogens with zero attached hydrogens (tertiary/aromatic N) is 1. The summed E-state index contributed by atoms with van der Waals surface area (Å²) in [6.07, 6.45) is 0. The number of nitrogens with two attached hydrogens (primary N) is 1. The Morgan fingerprint density at radius 2 is 2.22 bits per heavy atom. The zero-order valence-electron chi connectivity index (χ0n) is 11.6. The lowest BCUT2D eigenvalue weighted by Crippen LogP contribution is -2.41. The number of rotatable bonds is 7. The maximum atomic E-state index is 5.98. The summed E-state index contributed by atoms with van der Waals surface area (Å²) in [5.74, 6) is 0. The largest absolute Gasteiger partial charge is 0.383 e. The van der Waals surface area contributed by atoms with E-state index in [4.69, 9.17) is 10.5 Å². The minimum absolute atomic E-state index is 0.273. The summed E-state index contributed by atoms with van der Waals surface area (Å²) in [5, 5.41) is 0. The number of hydrogen-bond donors (Lipinski definition) is 1. The fourth-order valence-electron chi connectivity index (χ4n) is 2.24. The van der Waals surface area contributed by atoms with E-state index in [1.807, 2.05) is 11.3 Å². The second-order valence-corrected chi connectivity index (χ2v) is 6.58. The van der Waals surface area contributed by atoms with Gasteiger partial charge in [0.1, 0.15) is 0 Å². The molecule has 104 valence electrons. The van der Waals surface area contributed by atoms with Gasteiger partial charge in [0.15, 0.2) is 0 Å². The Balaban J connectivity index is 2.92. The molecule has 0 amide bonds. The van der Waals surface area contributed by atoms with Crippen LogP contribution in [0.3, 0.4) is 0 Å².